The molecule has 0 fully saturated rings. The van der Waals surface area contributed by atoms with E-state index in [1.165, 1.54) is 0 Å². The Hall–Kier alpha value is -2.67. The quantitative estimate of drug-likeness (QED) is 0.634. The predicted molar refractivity (Wildman–Crippen MR) is 102 cm³/mol. The number of benzene rings is 2. The van der Waals surface area contributed by atoms with Gasteiger partial charge in [0.1, 0.15) is 17.2 Å². The Kier molecular flexibility index (Phi) is 5.68. The topological polar surface area (TPSA) is 69.4 Å². The van der Waals surface area contributed by atoms with E-state index in [4.69, 9.17) is 9.47 Å². The van der Waals surface area contributed by atoms with Gasteiger partial charge in [0, 0.05) is 18.4 Å². The van der Waals surface area contributed by atoms with Crippen molar-refractivity contribution in [1.82, 2.24) is 14.8 Å². The molecular formula is C19H21N3O3S. The highest BCUT2D eigenvalue weighted by molar-refractivity contribution is 7.98. The van der Waals surface area contributed by atoms with E-state index in [1.807, 2.05) is 41.8 Å². The minimum Gasteiger partial charge on any atom is -0.507 e. The SMILES string of the molecule is CCn1c(SCc2cc(OC)cc(OC)c2)nnc1-c1ccccc1O. The van der Waals surface area contributed by atoms with Crippen molar-refractivity contribution >= 4 is 11.8 Å². The normalized spacial score (nSPS) is 10.7. The van der Waals surface area contributed by atoms with Crippen LogP contribution in [0.25, 0.3) is 11.4 Å². The van der Waals surface area contributed by atoms with Crippen LogP contribution in [-0.2, 0) is 12.3 Å². The third-order valence-corrected chi connectivity index (χ3v) is 5.00. The summed E-state index contributed by atoms with van der Waals surface area (Å²) in [5.41, 5.74) is 1.75. The van der Waals surface area contributed by atoms with Crippen molar-refractivity contribution < 1.29 is 14.6 Å². The molecule has 7 heteroatoms. The zero-order chi connectivity index (χ0) is 18.5. The van der Waals surface area contributed by atoms with Crippen LogP contribution in [0, 0.1) is 0 Å². The van der Waals surface area contributed by atoms with Crippen LogP contribution in [-0.4, -0.2) is 34.1 Å². The molecule has 0 atom stereocenters. The third-order valence-electron chi connectivity index (χ3n) is 3.96. The number of thioether (sulfide) groups is 1. The van der Waals surface area contributed by atoms with Gasteiger partial charge in [-0.05, 0) is 36.8 Å². The number of phenols is 1. The molecule has 1 N–H and O–H groups in total. The Morgan fingerprint density at radius 1 is 1.04 bits per heavy atom. The van der Waals surface area contributed by atoms with E-state index in [-0.39, 0.29) is 5.75 Å². The van der Waals surface area contributed by atoms with Gasteiger partial charge in [-0.2, -0.15) is 0 Å². The second-order valence-electron chi connectivity index (χ2n) is 5.58. The minimum atomic E-state index is 0.198. The van der Waals surface area contributed by atoms with E-state index in [9.17, 15) is 5.11 Å². The fourth-order valence-electron chi connectivity index (χ4n) is 2.64. The lowest BCUT2D eigenvalue weighted by Gasteiger charge is -2.10. The number of methoxy groups -OCH3 is 2. The Morgan fingerprint density at radius 3 is 2.35 bits per heavy atom. The standard InChI is InChI=1S/C19H21N3O3S/c1-4-22-18(16-7-5-6-8-17(16)23)20-21-19(22)26-12-13-9-14(24-2)11-15(10-13)25-3/h5-11,23H,4,12H2,1-3H3. The Morgan fingerprint density at radius 2 is 1.73 bits per heavy atom. The van der Waals surface area contributed by atoms with Gasteiger partial charge in [0.25, 0.3) is 0 Å². The smallest absolute Gasteiger partial charge is 0.191 e. The van der Waals surface area contributed by atoms with Crippen LogP contribution in [0.1, 0.15) is 12.5 Å². The summed E-state index contributed by atoms with van der Waals surface area (Å²) in [4.78, 5) is 0. The maximum absolute atomic E-state index is 10.1. The van der Waals surface area contributed by atoms with Crippen LogP contribution in [0.5, 0.6) is 17.2 Å². The molecule has 0 spiro atoms. The first kappa shape index (κ1) is 18.1. The summed E-state index contributed by atoms with van der Waals surface area (Å²) in [6, 6.07) is 13.0. The highest BCUT2D eigenvalue weighted by Gasteiger charge is 2.16. The highest BCUT2D eigenvalue weighted by Crippen LogP contribution is 2.32. The first-order chi connectivity index (χ1) is 12.7. The van der Waals surface area contributed by atoms with Gasteiger partial charge in [-0.25, -0.2) is 0 Å². The van der Waals surface area contributed by atoms with Gasteiger partial charge in [0.15, 0.2) is 11.0 Å². The van der Waals surface area contributed by atoms with E-state index in [0.29, 0.717) is 23.7 Å². The molecule has 136 valence electrons. The monoisotopic (exact) mass is 371 g/mol. The van der Waals surface area contributed by atoms with Crippen LogP contribution in [0.2, 0.25) is 0 Å². The molecular weight excluding hydrogens is 350 g/mol. The third kappa shape index (κ3) is 3.77. The van der Waals surface area contributed by atoms with Crippen molar-refractivity contribution in [3.05, 3.63) is 48.0 Å². The van der Waals surface area contributed by atoms with Crippen molar-refractivity contribution in [2.75, 3.05) is 14.2 Å². The maximum atomic E-state index is 10.1. The van der Waals surface area contributed by atoms with Crippen molar-refractivity contribution in [2.45, 2.75) is 24.4 Å². The van der Waals surface area contributed by atoms with Crippen LogP contribution in [0.4, 0.5) is 0 Å². The molecule has 2 aromatic carbocycles. The number of nitrogens with zero attached hydrogens (tertiary/aromatic N) is 3. The molecule has 0 unspecified atom stereocenters. The van der Waals surface area contributed by atoms with Crippen molar-refractivity contribution in [2.24, 2.45) is 0 Å². The second kappa shape index (κ2) is 8.14. The van der Waals surface area contributed by atoms with Crippen LogP contribution >= 0.6 is 11.8 Å². The fraction of sp³-hybridized carbons (Fsp3) is 0.263. The average molecular weight is 371 g/mol. The van der Waals surface area contributed by atoms with Crippen LogP contribution < -0.4 is 9.47 Å². The summed E-state index contributed by atoms with van der Waals surface area (Å²) in [5.74, 6) is 3.07. The molecule has 0 aliphatic carbocycles. The van der Waals surface area contributed by atoms with Gasteiger partial charge in [-0.3, -0.25) is 0 Å². The molecule has 0 aliphatic rings. The summed E-state index contributed by atoms with van der Waals surface area (Å²) >= 11 is 1.58. The number of hydrogen-bond donors (Lipinski definition) is 1. The van der Waals surface area contributed by atoms with E-state index in [0.717, 1.165) is 22.2 Å². The number of rotatable bonds is 7. The molecule has 0 saturated carbocycles. The Labute approximate surface area is 156 Å². The lowest BCUT2D eigenvalue weighted by molar-refractivity contribution is 0.393. The molecule has 0 bridgehead atoms. The van der Waals surface area contributed by atoms with Gasteiger partial charge >= 0.3 is 0 Å². The summed E-state index contributed by atoms with van der Waals surface area (Å²) in [7, 11) is 3.27. The summed E-state index contributed by atoms with van der Waals surface area (Å²) < 4.78 is 12.6. The van der Waals surface area contributed by atoms with Gasteiger partial charge in [-0.15, -0.1) is 10.2 Å². The minimum absolute atomic E-state index is 0.198. The Balaban J connectivity index is 1.84. The molecule has 26 heavy (non-hydrogen) atoms. The predicted octanol–water partition coefficient (Wildman–Crippen LogP) is 3.98. The molecule has 0 saturated heterocycles. The number of aromatic nitrogens is 3. The number of phenolic OH excluding ortho intramolecular Hbond substituents is 1. The lowest BCUT2D eigenvalue weighted by atomic mass is 10.2. The lowest BCUT2D eigenvalue weighted by Crippen LogP contribution is -2.00. The summed E-state index contributed by atoms with van der Waals surface area (Å²) in [6.07, 6.45) is 0. The molecule has 0 aliphatic heterocycles. The van der Waals surface area contributed by atoms with Crippen molar-refractivity contribution in [3.8, 4) is 28.6 Å². The molecule has 1 aromatic heterocycles. The van der Waals surface area contributed by atoms with E-state index < -0.39 is 0 Å². The number of ether oxygens (including phenoxy) is 2. The largest absolute Gasteiger partial charge is 0.507 e. The number of aromatic hydroxyl groups is 1. The van der Waals surface area contributed by atoms with Crippen molar-refractivity contribution in [3.63, 3.8) is 0 Å². The van der Waals surface area contributed by atoms with Crippen LogP contribution in [0.15, 0.2) is 47.6 Å². The summed E-state index contributed by atoms with van der Waals surface area (Å²) in [6.45, 7) is 2.74. The number of para-hydroxylation sites is 1. The Bertz CT molecular complexity index is 873. The first-order valence-electron chi connectivity index (χ1n) is 8.22. The highest BCUT2D eigenvalue weighted by atomic mass is 32.2. The molecule has 3 rings (SSSR count). The van der Waals surface area contributed by atoms with Crippen molar-refractivity contribution in [1.29, 1.82) is 0 Å². The molecule has 6 nitrogen and oxygen atoms in total. The van der Waals surface area contributed by atoms with E-state index >= 15 is 0 Å². The van der Waals surface area contributed by atoms with E-state index in [2.05, 4.69) is 10.2 Å². The average Bonchev–Trinajstić information content (AvgIpc) is 3.09. The van der Waals surface area contributed by atoms with E-state index in [1.54, 1.807) is 38.1 Å². The van der Waals surface area contributed by atoms with Gasteiger partial charge < -0.3 is 19.1 Å². The maximum Gasteiger partial charge on any atom is 0.191 e. The fourth-order valence-corrected chi connectivity index (χ4v) is 3.57. The molecule has 3 aromatic rings. The molecule has 0 amide bonds. The molecule has 1 heterocycles. The second-order valence-corrected chi connectivity index (χ2v) is 6.52. The summed E-state index contributed by atoms with van der Waals surface area (Å²) in [5, 5.41) is 19.5. The van der Waals surface area contributed by atoms with Crippen LogP contribution in [0.3, 0.4) is 0 Å². The van der Waals surface area contributed by atoms with Gasteiger partial charge in [0.05, 0.1) is 19.8 Å². The number of hydrogen-bond acceptors (Lipinski definition) is 6. The first-order valence-corrected chi connectivity index (χ1v) is 9.21. The zero-order valence-corrected chi connectivity index (χ0v) is 15.8. The van der Waals surface area contributed by atoms with Gasteiger partial charge in [-0.1, -0.05) is 23.9 Å². The molecule has 0 radical (unpaired) electrons. The zero-order valence-electron chi connectivity index (χ0n) is 15.0. The van der Waals surface area contributed by atoms with Gasteiger partial charge in [0.2, 0.25) is 0 Å².